The number of methoxy groups -OCH3 is 3. The summed E-state index contributed by atoms with van der Waals surface area (Å²) in [6.07, 6.45) is 5.00. The zero-order valence-electron chi connectivity index (χ0n) is 29.5. The number of aromatic nitrogens is 3. The Kier molecular flexibility index (Phi) is 16.2. The molecule has 0 bridgehead atoms. The van der Waals surface area contributed by atoms with Gasteiger partial charge in [0.15, 0.2) is 5.82 Å². The van der Waals surface area contributed by atoms with E-state index >= 15 is 0 Å². The highest BCUT2D eigenvalue weighted by Crippen LogP contribution is 2.39. The van der Waals surface area contributed by atoms with Crippen LogP contribution in [0, 0.1) is 5.41 Å². The van der Waals surface area contributed by atoms with Crippen molar-refractivity contribution in [1.82, 2.24) is 19.4 Å². The van der Waals surface area contributed by atoms with Crippen LogP contribution in [0.15, 0.2) is 61.1 Å². The molecule has 54 heavy (non-hydrogen) atoms. The molecule has 1 amide bonds. The van der Waals surface area contributed by atoms with E-state index in [9.17, 15) is 19.4 Å². The summed E-state index contributed by atoms with van der Waals surface area (Å²) in [4.78, 5) is 72.3. The fourth-order valence-corrected chi connectivity index (χ4v) is 6.71. The van der Waals surface area contributed by atoms with Crippen LogP contribution in [0.5, 0.6) is 17.2 Å². The second kappa shape index (κ2) is 20.7. The predicted octanol–water partition coefficient (Wildman–Crippen LogP) is 2.60. The minimum absolute atomic E-state index is 0.0197. The van der Waals surface area contributed by atoms with Gasteiger partial charge < -0.3 is 62.7 Å². The smallest absolute Gasteiger partial charge is 0.391 e. The number of imidazole rings is 1. The number of ether oxygens (including phenoxy) is 4. The number of hydrogen-bond donors (Lipinski definition) is 6. The first-order valence-electron chi connectivity index (χ1n) is 16.0. The first-order valence-corrected chi connectivity index (χ1v) is 18.7. The largest absolute Gasteiger partial charge is 0.496 e. The Balaban J connectivity index is 0.000000290. The highest BCUT2D eigenvalue weighted by Gasteiger charge is 2.24. The third-order valence-corrected chi connectivity index (χ3v) is 9.48. The van der Waals surface area contributed by atoms with Gasteiger partial charge in [-0.1, -0.05) is 11.6 Å². The Labute approximate surface area is 318 Å². The fourth-order valence-electron chi connectivity index (χ4n) is 5.39. The Morgan fingerprint density at radius 2 is 1.70 bits per heavy atom. The van der Waals surface area contributed by atoms with E-state index in [4.69, 9.17) is 45.5 Å². The van der Waals surface area contributed by atoms with E-state index in [1.807, 2.05) is 23.1 Å². The molecule has 2 aromatic heterocycles. The van der Waals surface area contributed by atoms with Gasteiger partial charge in [0, 0.05) is 74.8 Å². The zero-order valence-corrected chi connectivity index (χ0v) is 32.0. The summed E-state index contributed by atoms with van der Waals surface area (Å²) in [5, 5.41) is 12.3. The molecule has 2 aromatic carbocycles. The molecule has 18 nitrogen and oxygen atoms in total. The van der Waals surface area contributed by atoms with Crippen LogP contribution in [0.3, 0.4) is 0 Å². The normalized spacial score (nSPS) is 12.6. The minimum Gasteiger partial charge on any atom is -0.496 e. The molecule has 290 valence electrons. The van der Waals surface area contributed by atoms with E-state index in [1.165, 1.54) is 19.2 Å². The lowest BCUT2D eigenvalue weighted by atomic mass is 10.1. The lowest BCUT2D eigenvalue weighted by molar-refractivity contribution is -0.130. The number of nitrogens with zero attached hydrogens (tertiary/aromatic N) is 5. The Morgan fingerprint density at radius 3 is 2.35 bits per heavy atom. The lowest BCUT2D eigenvalue weighted by Crippen LogP contribution is -2.50. The van der Waals surface area contributed by atoms with Crippen molar-refractivity contribution in [3.8, 4) is 17.2 Å². The summed E-state index contributed by atoms with van der Waals surface area (Å²) in [5.41, 5.74) is 1.87. The number of rotatable bonds is 16. The number of pyridine rings is 1. The van der Waals surface area contributed by atoms with Crippen LogP contribution in [0.2, 0.25) is 5.02 Å². The molecule has 0 saturated carbocycles. The molecule has 3 heterocycles. The van der Waals surface area contributed by atoms with Crippen LogP contribution in [0.25, 0.3) is 0 Å². The maximum atomic E-state index is 12.9. The topological polar surface area (TPSA) is 234 Å². The van der Waals surface area contributed by atoms with Gasteiger partial charge in [-0.2, -0.15) is 0 Å². The van der Waals surface area contributed by atoms with Crippen molar-refractivity contribution in [3.63, 3.8) is 0 Å². The van der Waals surface area contributed by atoms with Gasteiger partial charge in [-0.3, -0.25) is 15.0 Å². The summed E-state index contributed by atoms with van der Waals surface area (Å²) in [5.74, 6) is 1.65. The SMILES string of the molecule is COCn1ccnc1C(=N)c1cccnc1NCC(=O)N1CCN(c2ccc(Cl)c(OC)c2)CC1.COc1ccc(OP(O)O)c(COC=O)c1P(O)O. The molecule has 5 rings (SSSR count). The van der Waals surface area contributed by atoms with E-state index in [0.29, 0.717) is 54.2 Å². The van der Waals surface area contributed by atoms with Gasteiger partial charge >= 0.3 is 8.60 Å². The molecule has 6 N–H and O–H groups in total. The van der Waals surface area contributed by atoms with E-state index in [0.717, 1.165) is 5.69 Å². The number of amides is 1. The molecule has 0 unspecified atom stereocenters. The summed E-state index contributed by atoms with van der Waals surface area (Å²) in [7, 11) is -0.746. The Bertz CT molecular complexity index is 1880. The lowest BCUT2D eigenvalue weighted by Gasteiger charge is -2.36. The van der Waals surface area contributed by atoms with E-state index < -0.39 is 17.0 Å². The second-order valence-corrected chi connectivity index (χ2v) is 13.2. The van der Waals surface area contributed by atoms with Crippen molar-refractivity contribution in [2.24, 2.45) is 0 Å². The van der Waals surface area contributed by atoms with Gasteiger partial charge in [-0.15, -0.1) is 0 Å². The number of anilines is 2. The Morgan fingerprint density at radius 1 is 0.981 bits per heavy atom. The number of carbonyl (C=O) groups is 2. The zero-order chi connectivity index (χ0) is 39.2. The molecule has 1 aliphatic rings. The van der Waals surface area contributed by atoms with Crippen molar-refractivity contribution in [3.05, 3.63) is 83.0 Å². The molecule has 1 fully saturated rings. The average Bonchev–Trinajstić information content (AvgIpc) is 3.64. The van der Waals surface area contributed by atoms with Gasteiger partial charge in [0.1, 0.15) is 42.1 Å². The number of benzene rings is 2. The predicted molar refractivity (Wildman–Crippen MR) is 202 cm³/mol. The second-order valence-electron chi connectivity index (χ2n) is 11.1. The van der Waals surface area contributed by atoms with Crippen molar-refractivity contribution in [1.29, 1.82) is 5.41 Å². The van der Waals surface area contributed by atoms with Crippen molar-refractivity contribution < 1.29 is 52.6 Å². The van der Waals surface area contributed by atoms with Crippen molar-refractivity contribution in [2.75, 3.05) is 64.3 Å². The summed E-state index contributed by atoms with van der Waals surface area (Å²) in [6.45, 7) is 2.83. The number of halogens is 1. The van der Waals surface area contributed by atoms with Crippen LogP contribution < -0.4 is 29.5 Å². The highest BCUT2D eigenvalue weighted by atomic mass is 35.5. The van der Waals surface area contributed by atoms with Gasteiger partial charge in [0.25, 0.3) is 6.47 Å². The van der Waals surface area contributed by atoms with Crippen molar-refractivity contribution >= 4 is 63.5 Å². The third-order valence-electron chi connectivity index (χ3n) is 7.92. The van der Waals surface area contributed by atoms with Gasteiger partial charge in [0.05, 0.1) is 31.1 Å². The fraction of sp³-hybridized carbons (Fsp3) is 0.303. The molecule has 21 heteroatoms. The van der Waals surface area contributed by atoms with Crippen LogP contribution in [0.1, 0.15) is 17.0 Å². The summed E-state index contributed by atoms with van der Waals surface area (Å²) >= 11 is 6.13. The molecule has 0 radical (unpaired) electrons. The first-order chi connectivity index (χ1) is 26.0. The average molecular weight is 808 g/mol. The molecule has 1 saturated heterocycles. The highest BCUT2D eigenvalue weighted by molar-refractivity contribution is 7.54. The maximum absolute atomic E-state index is 12.9. The van der Waals surface area contributed by atoms with E-state index in [1.54, 1.807) is 49.5 Å². The van der Waals surface area contributed by atoms with Crippen LogP contribution in [0.4, 0.5) is 11.5 Å². The molecule has 0 atom stereocenters. The number of nitrogens with one attached hydrogen (secondary N) is 2. The maximum Gasteiger partial charge on any atom is 0.391 e. The molecule has 4 aromatic rings. The molecular formula is C33H40ClN7O11P2. The van der Waals surface area contributed by atoms with Gasteiger partial charge in [0.2, 0.25) is 14.3 Å². The summed E-state index contributed by atoms with van der Waals surface area (Å²) in [6, 6.07) is 11.9. The molecule has 1 aliphatic heterocycles. The molecule has 0 aliphatic carbocycles. The number of piperazine rings is 1. The van der Waals surface area contributed by atoms with Crippen LogP contribution >= 0.6 is 28.6 Å². The van der Waals surface area contributed by atoms with Crippen LogP contribution in [-0.4, -0.2) is 111 Å². The summed E-state index contributed by atoms with van der Waals surface area (Å²) < 4.78 is 26.5. The standard InChI is InChI=1S/C24H28ClN7O3.C9H12O8P2/c1-34-16-32-9-8-28-24(32)22(26)18-4-3-7-27-23(18)29-15-21(33)31-12-10-30(11-13-31)17-5-6-19(25)20(14-17)35-2;1-15-8-3-2-7(17-19(13)14)6(4-16-5-10)9(8)18(11)12/h3-9,14,26H,10-13,15-16H2,1-2H3,(H,27,29);2-3,5,11-14H,4H2,1H3. The van der Waals surface area contributed by atoms with Crippen LogP contribution in [-0.2, 0) is 32.4 Å². The van der Waals surface area contributed by atoms with E-state index in [2.05, 4.69) is 24.9 Å². The minimum atomic E-state index is -2.69. The first kappa shape index (κ1) is 42.1. The van der Waals surface area contributed by atoms with Gasteiger partial charge in [-0.25, -0.2) is 9.97 Å². The van der Waals surface area contributed by atoms with Gasteiger partial charge in [-0.05, 0) is 36.4 Å². The number of hydrogen-bond acceptors (Lipinski definition) is 16. The Hall–Kier alpha value is -4.64. The molecule has 0 spiro atoms. The van der Waals surface area contributed by atoms with Crippen molar-refractivity contribution in [2.45, 2.75) is 13.3 Å². The monoisotopic (exact) mass is 807 g/mol. The third kappa shape index (κ3) is 11.0. The quantitative estimate of drug-likeness (QED) is 0.0543. The molecular weight excluding hydrogens is 768 g/mol. The van der Waals surface area contributed by atoms with E-state index in [-0.39, 0.29) is 60.3 Å². The number of carbonyl (C=O) groups excluding carboxylic acids is 2.